The van der Waals surface area contributed by atoms with Crippen LogP contribution in [0.25, 0.3) is 10.9 Å². The Morgan fingerprint density at radius 2 is 2.00 bits per heavy atom. The van der Waals surface area contributed by atoms with Crippen molar-refractivity contribution in [2.75, 3.05) is 0 Å². The van der Waals surface area contributed by atoms with Crippen molar-refractivity contribution >= 4 is 22.5 Å². The Morgan fingerprint density at radius 3 is 2.71 bits per heavy atom. The molecule has 8 nitrogen and oxygen atoms in total. The Hall–Kier alpha value is -3.55. The van der Waals surface area contributed by atoms with Gasteiger partial charge in [-0.05, 0) is 24.3 Å². The van der Waals surface area contributed by atoms with Crippen LogP contribution in [-0.2, 0) is 6.54 Å². The molecule has 0 aliphatic rings. The van der Waals surface area contributed by atoms with Gasteiger partial charge in [0.1, 0.15) is 0 Å². The van der Waals surface area contributed by atoms with Crippen LogP contribution < -0.4 is 11.3 Å². The summed E-state index contributed by atoms with van der Waals surface area (Å²) in [5.74, 6) is -0.755. The van der Waals surface area contributed by atoms with Gasteiger partial charge in [0, 0.05) is 17.2 Å². The van der Waals surface area contributed by atoms with E-state index in [9.17, 15) is 19.7 Å². The molecule has 3 aromatic rings. The minimum Gasteiger partial charge on any atom is -0.366 e. The minimum atomic E-state index is -0.755. The fourth-order valence-electron chi connectivity index (χ4n) is 2.42. The summed E-state index contributed by atoms with van der Waals surface area (Å²) in [4.78, 5) is 38.5. The van der Waals surface area contributed by atoms with Crippen molar-refractivity contribution in [1.82, 2.24) is 9.55 Å². The number of hydrogen-bond donors (Lipinski definition) is 1. The Kier molecular flexibility index (Phi) is 3.78. The van der Waals surface area contributed by atoms with Gasteiger partial charge in [-0.25, -0.2) is 4.98 Å². The zero-order valence-electron chi connectivity index (χ0n) is 12.4. The van der Waals surface area contributed by atoms with Crippen LogP contribution in [0.2, 0.25) is 0 Å². The van der Waals surface area contributed by atoms with Crippen molar-refractivity contribution < 1.29 is 9.72 Å². The first-order chi connectivity index (χ1) is 11.5. The highest BCUT2D eigenvalue weighted by Gasteiger charge is 2.17. The zero-order chi connectivity index (χ0) is 17.3. The lowest BCUT2D eigenvalue weighted by molar-refractivity contribution is -0.385. The molecule has 0 bridgehead atoms. The highest BCUT2D eigenvalue weighted by molar-refractivity contribution is 5.93. The average molecular weight is 324 g/mol. The number of benzene rings is 2. The first kappa shape index (κ1) is 15.3. The quantitative estimate of drug-likeness (QED) is 0.575. The molecule has 0 atom stereocenters. The third kappa shape index (κ3) is 2.72. The second kappa shape index (κ2) is 5.92. The van der Waals surface area contributed by atoms with Crippen molar-refractivity contribution in [3.63, 3.8) is 0 Å². The van der Waals surface area contributed by atoms with E-state index in [1.165, 1.54) is 23.0 Å². The summed E-state index contributed by atoms with van der Waals surface area (Å²) in [6, 6.07) is 10.8. The number of nitrogens with two attached hydrogens (primary N) is 1. The Labute approximate surface area is 135 Å². The van der Waals surface area contributed by atoms with Crippen LogP contribution in [0.5, 0.6) is 0 Å². The molecule has 3 rings (SSSR count). The monoisotopic (exact) mass is 324 g/mol. The van der Waals surface area contributed by atoms with E-state index in [2.05, 4.69) is 4.98 Å². The topological polar surface area (TPSA) is 121 Å². The second-order valence-corrected chi connectivity index (χ2v) is 5.16. The second-order valence-electron chi connectivity index (χ2n) is 5.16. The van der Waals surface area contributed by atoms with Crippen molar-refractivity contribution in [1.29, 1.82) is 0 Å². The SMILES string of the molecule is NC(=O)c1ccc(Cn2cnc3ccccc3c2=O)c([N+](=O)[O-])c1. The predicted octanol–water partition coefficient (Wildman–Crippen LogP) is 1.45. The summed E-state index contributed by atoms with van der Waals surface area (Å²) >= 11 is 0. The number of hydrogen-bond acceptors (Lipinski definition) is 5. The number of carbonyl (C=O) groups excluding carboxylic acids is 1. The third-order valence-corrected chi connectivity index (χ3v) is 3.64. The molecule has 0 aliphatic heterocycles. The van der Waals surface area contributed by atoms with Gasteiger partial charge in [-0.15, -0.1) is 0 Å². The molecule has 120 valence electrons. The fraction of sp³-hybridized carbons (Fsp3) is 0.0625. The molecule has 0 fully saturated rings. The Balaban J connectivity index is 2.08. The number of nitrogens with zero attached hydrogens (tertiary/aromatic N) is 3. The van der Waals surface area contributed by atoms with Crippen LogP contribution >= 0.6 is 0 Å². The number of para-hydroxylation sites is 1. The van der Waals surface area contributed by atoms with E-state index in [1.807, 2.05) is 0 Å². The van der Waals surface area contributed by atoms with Gasteiger partial charge in [0.2, 0.25) is 5.91 Å². The highest BCUT2D eigenvalue weighted by atomic mass is 16.6. The lowest BCUT2D eigenvalue weighted by Crippen LogP contribution is -2.21. The van der Waals surface area contributed by atoms with Gasteiger partial charge in [0.15, 0.2) is 0 Å². The van der Waals surface area contributed by atoms with Gasteiger partial charge >= 0.3 is 0 Å². The van der Waals surface area contributed by atoms with E-state index >= 15 is 0 Å². The summed E-state index contributed by atoms with van der Waals surface area (Å²) in [5.41, 5.74) is 5.45. The fourth-order valence-corrected chi connectivity index (χ4v) is 2.42. The van der Waals surface area contributed by atoms with Crippen molar-refractivity contribution in [2.24, 2.45) is 5.73 Å². The highest BCUT2D eigenvalue weighted by Crippen LogP contribution is 2.21. The molecule has 0 saturated carbocycles. The molecule has 0 saturated heterocycles. The van der Waals surface area contributed by atoms with Crippen LogP contribution in [-0.4, -0.2) is 20.4 Å². The number of fused-ring (bicyclic) bond motifs is 1. The van der Waals surface area contributed by atoms with E-state index < -0.39 is 10.8 Å². The van der Waals surface area contributed by atoms with Gasteiger partial charge in [-0.1, -0.05) is 12.1 Å². The molecule has 0 radical (unpaired) electrons. The summed E-state index contributed by atoms with van der Waals surface area (Å²) in [6.45, 7) is -0.0357. The van der Waals surface area contributed by atoms with Gasteiger partial charge < -0.3 is 5.73 Å². The molecule has 0 unspecified atom stereocenters. The number of nitro benzene ring substituents is 1. The number of aromatic nitrogens is 2. The molecule has 2 aromatic carbocycles. The molecule has 0 aliphatic carbocycles. The summed E-state index contributed by atoms with van der Waals surface area (Å²) in [7, 11) is 0. The standard InChI is InChI=1S/C16H12N4O4/c17-15(21)10-5-6-11(14(7-10)20(23)24)8-19-9-18-13-4-2-1-3-12(13)16(19)22/h1-7,9H,8H2,(H2,17,21). The summed E-state index contributed by atoms with van der Waals surface area (Å²) in [6.07, 6.45) is 1.34. The predicted molar refractivity (Wildman–Crippen MR) is 86.7 cm³/mol. The first-order valence-corrected chi connectivity index (χ1v) is 6.98. The number of amides is 1. The Morgan fingerprint density at radius 1 is 1.25 bits per heavy atom. The van der Waals surface area contributed by atoms with Crippen molar-refractivity contribution in [3.05, 3.63) is 80.4 Å². The van der Waals surface area contributed by atoms with E-state index in [0.717, 1.165) is 6.07 Å². The van der Waals surface area contributed by atoms with Crippen LogP contribution in [0, 0.1) is 10.1 Å². The van der Waals surface area contributed by atoms with Crippen LogP contribution in [0.4, 0.5) is 5.69 Å². The largest absolute Gasteiger partial charge is 0.366 e. The first-order valence-electron chi connectivity index (χ1n) is 6.98. The van der Waals surface area contributed by atoms with Crippen molar-refractivity contribution in [2.45, 2.75) is 6.54 Å². The van der Waals surface area contributed by atoms with Gasteiger partial charge in [-0.3, -0.25) is 24.3 Å². The van der Waals surface area contributed by atoms with E-state index in [1.54, 1.807) is 24.3 Å². The Bertz CT molecular complexity index is 1030. The maximum Gasteiger partial charge on any atom is 0.275 e. The lowest BCUT2D eigenvalue weighted by Gasteiger charge is -2.08. The van der Waals surface area contributed by atoms with Crippen molar-refractivity contribution in [3.8, 4) is 0 Å². The third-order valence-electron chi connectivity index (χ3n) is 3.64. The van der Waals surface area contributed by atoms with Gasteiger partial charge in [0.25, 0.3) is 11.2 Å². The number of primary amides is 1. The molecule has 1 aromatic heterocycles. The normalized spacial score (nSPS) is 10.7. The zero-order valence-corrected chi connectivity index (χ0v) is 12.4. The maximum atomic E-state index is 12.5. The van der Waals surface area contributed by atoms with Crippen LogP contribution in [0.3, 0.4) is 0 Å². The molecular weight excluding hydrogens is 312 g/mol. The molecule has 24 heavy (non-hydrogen) atoms. The van der Waals surface area contributed by atoms with Crippen LogP contribution in [0.1, 0.15) is 15.9 Å². The number of rotatable bonds is 4. The minimum absolute atomic E-state index is 0.0357. The summed E-state index contributed by atoms with van der Waals surface area (Å²) < 4.78 is 1.29. The van der Waals surface area contributed by atoms with E-state index in [0.29, 0.717) is 10.9 Å². The van der Waals surface area contributed by atoms with Gasteiger partial charge in [0.05, 0.1) is 28.7 Å². The average Bonchev–Trinajstić information content (AvgIpc) is 2.57. The van der Waals surface area contributed by atoms with E-state index in [-0.39, 0.29) is 28.9 Å². The smallest absolute Gasteiger partial charge is 0.275 e. The molecule has 8 heteroatoms. The molecule has 0 spiro atoms. The summed E-state index contributed by atoms with van der Waals surface area (Å²) in [5, 5.41) is 11.7. The van der Waals surface area contributed by atoms with Crippen LogP contribution in [0.15, 0.2) is 53.6 Å². The lowest BCUT2D eigenvalue weighted by atomic mass is 10.1. The number of carbonyl (C=O) groups is 1. The maximum absolute atomic E-state index is 12.5. The van der Waals surface area contributed by atoms with Gasteiger partial charge in [-0.2, -0.15) is 0 Å². The molecule has 1 heterocycles. The van der Waals surface area contributed by atoms with E-state index in [4.69, 9.17) is 5.73 Å². The molecule has 1 amide bonds. The molecule has 2 N–H and O–H groups in total. The molecular formula is C16H12N4O4. The number of nitro groups is 1.